The Labute approximate surface area is 88.3 Å². The first-order valence-corrected chi connectivity index (χ1v) is 5.21. The zero-order chi connectivity index (χ0) is 11.1. The van der Waals surface area contributed by atoms with Crippen molar-refractivity contribution in [2.24, 2.45) is 11.1 Å². The maximum Gasteiger partial charge on any atom is 0.162 e. The molecule has 1 aliphatic carbocycles. The summed E-state index contributed by atoms with van der Waals surface area (Å²) in [5.74, 6) is -1.54. The molecule has 0 heterocycles. The third-order valence-corrected chi connectivity index (χ3v) is 3.41. The molecule has 2 rings (SSSR count). The van der Waals surface area contributed by atoms with Crippen LogP contribution in [-0.2, 0) is 6.42 Å². The van der Waals surface area contributed by atoms with Gasteiger partial charge in [-0.15, -0.1) is 0 Å². The molecule has 1 aromatic rings. The maximum absolute atomic E-state index is 13.3. The first kappa shape index (κ1) is 10.6. The van der Waals surface area contributed by atoms with E-state index < -0.39 is 11.6 Å². The molecule has 0 amide bonds. The van der Waals surface area contributed by atoms with Crippen LogP contribution in [0.5, 0.6) is 0 Å². The Kier molecular flexibility index (Phi) is 2.51. The summed E-state index contributed by atoms with van der Waals surface area (Å²) in [6, 6.07) is 4.18. The van der Waals surface area contributed by atoms with Gasteiger partial charge < -0.3 is 5.73 Å². The summed E-state index contributed by atoms with van der Waals surface area (Å²) >= 11 is 0. The van der Waals surface area contributed by atoms with E-state index in [1.807, 2.05) is 0 Å². The van der Waals surface area contributed by atoms with Crippen molar-refractivity contribution in [3.63, 3.8) is 0 Å². The van der Waals surface area contributed by atoms with E-state index in [0.29, 0.717) is 12.0 Å². The number of hydrogen-bond donors (Lipinski definition) is 1. The molecule has 3 heteroatoms. The Balaban J connectivity index is 2.14. The van der Waals surface area contributed by atoms with Crippen LogP contribution in [0.25, 0.3) is 0 Å². The Bertz CT molecular complexity index is 372. The lowest BCUT2D eigenvalue weighted by molar-refractivity contribution is 0.420. The molecular formula is C12H15F2N. The lowest BCUT2D eigenvalue weighted by Gasteiger charge is -2.18. The van der Waals surface area contributed by atoms with Crippen molar-refractivity contribution in [3.05, 3.63) is 35.4 Å². The fraction of sp³-hybridized carbons (Fsp3) is 0.500. The van der Waals surface area contributed by atoms with Crippen LogP contribution in [-0.4, -0.2) is 6.04 Å². The van der Waals surface area contributed by atoms with E-state index in [1.54, 1.807) is 6.07 Å². The average Bonchev–Trinajstić information content (AvgIpc) is 2.93. The second kappa shape index (κ2) is 3.56. The molecule has 0 saturated heterocycles. The Morgan fingerprint density at radius 3 is 2.67 bits per heavy atom. The predicted molar refractivity (Wildman–Crippen MR) is 55.4 cm³/mol. The van der Waals surface area contributed by atoms with Gasteiger partial charge in [0, 0.05) is 6.04 Å². The Morgan fingerprint density at radius 1 is 1.40 bits per heavy atom. The third-order valence-electron chi connectivity index (χ3n) is 3.41. The molecule has 0 spiro atoms. The first-order valence-electron chi connectivity index (χ1n) is 5.21. The maximum atomic E-state index is 13.3. The fourth-order valence-electron chi connectivity index (χ4n) is 1.76. The molecule has 1 aromatic carbocycles. The van der Waals surface area contributed by atoms with E-state index >= 15 is 0 Å². The van der Waals surface area contributed by atoms with Gasteiger partial charge in [-0.05, 0) is 36.3 Å². The molecule has 1 fully saturated rings. The second-order valence-electron chi connectivity index (χ2n) is 4.68. The molecule has 0 radical (unpaired) electrons. The summed E-state index contributed by atoms with van der Waals surface area (Å²) in [4.78, 5) is 0. The van der Waals surface area contributed by atoms with Gasteiger partial charge >= 0.3 is 0 Å². The summed E-state index contributed by atoms with van der Waals surface area (Å²) < 4.78 is 26.3. The molecular weight excluding hydrogens is 196 g/mol. The summed E-state index contributed by atoms with van der Waals surface area (Å²) in [5, 5.41) is 0. The monoisotopic (exact) mass is 211 g/mol. The van der Waals surface area contributed by atoms with Gasteiger partial charge in [-0.1, -0.05) is 19.1 Å². The molecule has 1 unspecified atom stereocenters. The molecule has 0 aliphatic heterocycles. The molecule has 1 nitrogen and oxygen atoms in total. The summed E-state index contributed by atoms with van der Waals surface area (Å²) in [5.41, 5.74) is 6.50. The van der Waals surface area contributed by atoms with E-state index in [-0.39, 0.29) is 11.5 Å². The minimum atomic E-state index is -0.791. The fourth-order valence-corrected chi connectivity index (χ4v) is 1.76. The average molecular weight is 211 g/mol. The molecule has 1 aliphatic rings. The quantitative estimate of drug-likeness (QED) is 0.817. The van der Waals surface area contributed by atoms with E-state index in [4.69, 9.17) is 5.73 Å². The van der Waals surface area contributed by atoms with Crippen molar-refractivity contribution < 1.29 is 8.78 Å². The molecule has 2 N–H and O–H groups in total. The van der Waals surface area contributed by atoms with Crippen LogP contribution in [0.1, 0.15) is 25.3 Å². The minimum Gasteiger partial charge on any atom is -0.327 e. The predicted octanol–water partition coefficient (Wildman–Crippen LogP) is 2.63. The zero-order valence-electron chi connectivity index (χ0n) is 8.76. The highest BCUT2D eigenvalue weighted by atomic mass is 19.2. The van der Waals surface area contributed by atoms with Crippen molar-refractivity contribution in [3.8, 4) is 0 Å². The standard InChI is InChI=1S/C12H15F2N/c1-12(5-6-12)10(15)7-8-3-2-4-9(13)11(8)14/h2-4,10H,5-7,15H2,1H3. The lowest BCUT2D eigenvalue weighted by atomic mass is 9.93. The number of nitrogens with two attached hydrogens (primary N) is 1. The highest BCUT2D eigenvalue weighted by molar-refractivity contribution is 5.21. The van der Waals surface area contributed by atoms with Gasteiger partial charge in [-0.2, -0.15) is 0 Å². The second-order valence-corrected chi connectivity index (χ2v) is 4.68. The van der Waals surface area contributed by atoms with Gasteiger partial charge in [-0.25, -0.2) is 8.78 Å². The van der Waals surface area contributed by atoms with Gasteiger partial charge in [0.15, 0.2) is 11.6 Å². The SMILES string of the molecule is CC1(C(N)Cc2cccc(F)c2F)CC1. The van der Waals surface area contributed by atoms with Gasteiger partial charge in [-0.3, -0.25) is 0 Å². The largest absolute Gasteiger partial charge is 0.327 e. The Morgan fingerprint density at radius 2 is 2.07 bits per heavy atom. The zero-order valence-corrected chi connectivity index (χ0v) is 8.76. The van der Waals surface area contributed by atoms with E-state index in [1.165, 1.54) is 6.07 Å². The van der Waals surface area contributed by atoms with Crippen molar-refractivity contribution >= 4 is 0 Å². The van der Waals surface area contributed by atoms with Crippen LogP contribution < -0.4 is 5.73 Å². The summed E-state index contributed by atoms with van der Waals surface area (Å²) in [6.45, 7) is 2.09. The van der Waals surface area contributed by atoms with E-state index in [9.17, 15) is 8.78 Å². The molecule has 15 heavy (non-hydrogen) atoms. The van der Waals surface area contributed by atoms with E-state index in [2.05, 4.69) is 6.92 Å². The van der Waals surface area contributed by atoms with Gasteiger partial charge in [0.05, 0.1) is 0 Å². The molecule has 1 saturated carbocycles. The number of halogens is 2. The Hall–Kier alpha value is -0.960. The summed E-state index contributed by atoms with van der Waals surface area (Å²) in [7, 11) is 0. The van der Waals surface area contributed by atoms with Crippen LogP contribution in [0, 0.1) is 17.0 Å². The third kappa shape index (κ3) is 2.02. The van der Waals surface area contributed by atoms with Gasteiger partial charge in [0.2, 0.25) is 0 Å². The highest BCUT2D eigenvalue weighted by Gasteiger charge is 2.42. The topological polar surface area (TPSA) is 26.0 Å². The normalized spacial score (nSPS) is 20.0. The van der Waals surface area contributed by atoms with Crippen molar-refractivity contribution in [2.45, 2.75) is 32.2 Å². The minimum absolute atomic E-state index is 0.0752. The van der Waals surface area contributed by atoms with Crippen LogP contribution >= 0.6 is 0 Å². The first-order chi connectivity index (χ1) is 7.03. The van der Waals surface area contributed by atoms with Crippen LogP contribution in [0.3, 0.4) is 0 Å². The molecule has 1 atom stereocenters. The van der Waals surface area contributed by atoms with Crippen LogP contribution in [0.4, 0.5) is 8.78 Å². The number of rotatable bonds is 3. The van der Waals surface area contributed by atoms with Crippen LogP contribution in [0.15, 0.2) is 18.2 Å². The highest BCUT2D eigenvalue weighted by Crippen LogP contribution is 2.48. The smallest absolute Gasteiger partial charge is 0.162 e. The van der Waals surface area contributed by atoms with Crippen molar-refractivity contribution in [1.29, 1.82) is 0 Å². The number of benzene rings is 1. The number of hydrogen-bond acceptors (Lipinski definition) is 1. The van der Waals surface area contributed by atoms with Crippen molar-refractivity contribution in [2.75, 3.05) is 0 Å². The molecule has 82 valence electrons. The summed E-state index contributed by atoms with van der Waals surface area (Å²) in [6.07, 6.45) is 2.59. The molecule has 0 bridgehead atoms. The van der Waals surface area contributed by atoms with E-state index in [0.717, 1.165) is 18.9 Å². The van der Waals surface area contributed by atoms with Gasteiger partial charge in [0.1, 0.15) is 0 Å². The molecule has 0 aromatic heterocycles. The van der Waals surface area contributed by atoms with Gasteiger partial charge in [0.25, 0.3) is 0 Å². The lowest BCUT2D eigenvalue weighted by Crippen LogP contribution is -2.32. The van der Waals surface area contributed by atoms with Crippen molar-refractivity contribution in [1.82, 2.24) is 0 Å². The van der Waals surface area contributed by atoms with Crippen LogP contribution in [0.2, 0.25) is 0 Å².